The Balaban J connectivity index is 1.89. The summed E-state index contributed by atoms with van der Waals surface area (Å²) in [5.41, 5.74) is 2.50. The fraction of sp³-hybridized carbons (Fsp3) is 0.316. The van der Waals surface area contributed by atoms with Crippen LogP contribution in [0.4, 0.5) is 5.69 Å². The summed E-state index contributed by atoms with van der Waals surface area (Å²) in [6, 6.07) is 12.0. The second kappa shape index (κ2) is 8.00. The maximum atomic E-state index is 11.3. The standard InChI is InChI=1S/C19H19NO5/c21-12-15-5-1-2-6-17(15)14-8-9-18(20(22)23)16(11-14)13-25-19-7-3-4-10-24-19/h1-2,5-6,8-9,11-12,19H,3-4,7,10,13H2. The number of ether oxygens (including phenoxy) is 2. The number of carbonyl (C=O) groups excluding carboxylic acids is 1. The van der Waals surface area contributed by atoms with Crippen LogP contribution in [0.5, 0.6) is 0 Å². The van der Waals surface area contributed by atoms with Gasteiger partial charge < -0.3 is 9.47 Å². The van der Waals surface area contributed by atoms with Crippen LogP contribution < -0.4 is 0 Å². The number of hydrogen-bond donors (Lipinski definition) is 0. The number of nitrogens with zero attached hydrogens (tertiary/aromatic N) is 1. The third kappa shape index (κ3) is 4.10. The number of carbonyl (C=O) groups is 1. The fourth-order valence-corrected chi connectivity index (χ4v) is 2.93. The lowest BCUT2D eigenvalue weighted by Crippen LogP contribution is -2.22. The molecule has 0 aromatic heterocycles. The molecule has 0 N–H and O–H groups in total. The van der Waals surface area contributed by atoms with Crippen molar-refractivity contribution in [2.75, 3.05) is 6.61 Å². The van der Waals surface area contributed by atoms with Crippen LogP contribution in [0.2, 0.25) is 0 Å². The van der Waals surface area contributed by atoms with E-state index in [1.165, 1.54) is 6.07 Å². The summed E-state index contributed by atoms with van der Waals surface area (Å²) in [6.07, 6.45) is 3.29. The molecule has 0 amide bonds. The predicted molar refractivity (Wildman–Crippen MR) is 92.3 cm³/mol. The molecule has 0 spiro atoms. The van der Waals surface area contributed by atoms with Crippen molar-refractivity contribution in [2.24, 2.45) is 0 Å². The summed E-state index contributed by atoms with van der Waals surface area (Å²) >= 11 is 0. The topological polar surface area (TPSA) is 78.7 Å². The van der Waals surface area contributed by atoms with E-state index in [4.69, 9.17) is 9.47 Å². The van der Waals surface area contributed by atoms with Crippen molar-refractivity contribution in [1.29, 1.82) is 0 Å². The van der Waals surface area contributed by atoms with Crippen molar-refractivity contribution < 1.29 is 19.2 Å². The van der Waals surface area contributed by atoms with Gasteiger partial charge in [0.25, 0.3) is 5.69 Å². The van der Waals surface area contributed by atoms with Crippen LogP contribution in [0.1, 0.15) is 35.2 Å². The first-order valence-corrected chi connectivity index (χ1v) is 8.24. The van der Waals surface area contributed by atoms with E-state index < -0.39 is 4.92 Å². The minimum Gasteiger partial charge on any atom is -0.353 e. The van der Waals surface area contributed by atoms with E-state index in [0.717, 1.165) is 36.7 Å². The lowest BCUT2D eigenvalue weighted by molar-refractivity contribution is -0.386. The van der Waals surface area contributed by atoms with Crippen LogP contribution in [0.25, 0.3) is 11.1 Å². The molecule has 1 aliphatic rings. The summed E-state index contributed by atoms with van der Waals surface area (Å²) in [4.78, 5) is 22.1. The number of nitro benzene ring substituents is 1. The van der Waals surface area contributed by atoms with Crippen LogP contribution in [-0.4, -0.2) is 24.1 Å². The lowest BCUT2D eigenvalue weighted by atomic mass is 9.98. The molecular weight excluding hydrogens is 322 g/mol. The van der Waals surface area contributed by atoms with Gasteiger partial charge in [-0.2, -0.15) is 0 Å². The number of nitro groups is 1. The molecule has 1 fully saturated rings. The molecule has 25 heavy (non-hydrogen) atoms. The molecule has 6 nitrogen and oxygen atoms in total. The Bertz CT molecular complexity index is 768. The average molecular weight is 341 g/mol. The Morgan fingerprint density at radius 3 is 2.80 bits per heavy atom. The average Bonchev–Trinajstić information content (AvgIpc) is 2.66. The third-order valence-electron chi connectivity index (χ3n) is 4.24. The normalized spacial score (nSPS) is 17.2. The first kappa shape index (κ1) is 17.3. The van der Waals surface area contributed by atoms with Gasteiger partial charge in [0.15, 0.2) is 12.6 Å². The van der Waals surface area contributed by atoms with Gasteiger partial charge in [-0.15, -0.1) is 0 Å². The van der Waals surface area contributed by atoms with Gasteiger partial charge in [0.2, 0.25) is 0 Å². The van der Waals surface area contributed by atoms with Gasteiger partial charge >= 0.3 is 0 Å². The number of aldehydes is 1. The van der Waals surface area contributed by atoms with E-state index in [-0.39, 0.29) is 18.6 Å². The van der Waals surface area contributed by atoms with E-state index in [1.54, 1.807) is 24.3 Å². The molecule has 130 valence electrons. The van der Waals surface area contributed by atoms with Gasteiger partial charge in [-0.05, 0) is 42.5 Å². The SMILES string of the molecule is O=Cc1ccccc1-c1ccc([N+](=O)[O-])c(COC2CCCCO2)c1. The van der Waals surface area contributed by atoms with E-state index in [0.29, 0.717) is 17.7 Å². The second-order valence-electron chi connectivity index (χ2n) is 5.91. The Labute approximate surface area is 145 Å². The number of rotatable bonds is 6. The molecule has 0 radical (unpaired) electrons. The van der Waals surface area contributed by atoms with E-state index in [9.17, 15) is 14.9 Å². The van der Waals surface area contributed by atoms with Crippen molar-refractivity contribution in [1.82, 2.24) is 0 Å². The van der Waals surface area contributed by atoms with E-state index in [1.807, 2.05) is 12.1 Å². The highest BCUT2D eigenvalue weighted by atomic mass is 16.7. The maximum absolute atomic E-state index is 11.3. The van der Waals surface area contributed by atoms with Crippen molar-refractivity contribution in [3.63, 3.8) is 0 Å². The van der Waals surface area contributed by atoms with E-state index in [2.05, 4.69) is 0 Å². The molecule has 0 bridgehead atoms. The zero-order valence-corrected chi connectivity index (χ0v) is 13.7. The van der Waals surface area contributed by atoms with Crippen LogP contribution in [0, 0.1) is 10.1 Å². The minimum atomic E-state index is -0.421. The summed E-state index contributed by atoms with van der Waals surface area (Å²) < 4.78 is 11.2. The zero-order valence-electron chi connectivity index (χ0n) is 13.7. The molecule has 0 saturated carbocycles. The fourth-order valence-electron chi connectivity index (χ4n) is 2.93. The largest absolute Gasteiger partial charge is 0.353 e. The van der Waals surface area contributed by atoms with Gasteiger partial charge in [-0.25, -0.2) is 0 Å². The van der Waals surface area contributed by atoms with Gasteiger partial charge in [0, 0.05) is 18.2 Å². The summed E-state index contributed by atoms with van der Waals surface area (Å²) in [5, 5.41) is 11.3. The molecule has 1 saturated heterocycles. The van der Waals surface area contributed by atoms with Gasteiger partial charge in [0.05, 0.1) is 17.1 Å². The molecule has 2 aromatic rings. The van der Waals surface area contributed by atoms with Crippen molar-refractivity contribution in [3.05, 3.63) is 63.7 Å². The predicted octanol–water partition coefficient (Wildman–Crippen LogP) is 4.12. The highest BCUT2D eigenvalue weighted by Gasteiger charge is 2.19. The molecule has 1 heterocycles. The van der Waals surface area contributed by atoms with Crippen molar-refractivity contribution >= 4 is 12.0 Å². The smallest absolute Gasteiger partial charge is 0.274 e. The van der Waals surface area contributed by atoms with Crippen molar-refractivity contribution in [2.45, 2.75) is 32.2 Å². The van der Waals surface area contributed by atoms with Gasteiger partial charge in [0.1, 0.15) is 0 Å². The van der Waals surface area contributed by atoms with Gasteiger partial charge in [-0.3, -0.25) is 14.9 Å². The van der Waals surface area contributed by atoms with E-state index >= 15 is 0 Å². The summed E-state index contributed by atoms with van der Waals surface area (Å²) in [7, 11) is 0. The Hall–Kier alpha value is -2.57. The monoisotopic (exact) mass is 341 g/mol. The lowest BCUT2D eigenvalue weighted by Gasteiger charge is -2.22. The molecule has 6 heteroatoms. The van der Waals surface area contributed by atoms with Crippen LogP contribution >= 0.6 is 0 Å². The first-order valence-electron chi connectivity index (χ1n) is 8.24. The quantitative estimate of drug-likeness (QED) is 0.449. The highest BCUT2D eigenvalue weighted by Crippen LogP contribution is 2.29. The summed E-state index contributed by atoms with van der Waals surface area (Å²) in [5.74, 6) is 0. The Kier molecular flexibility index (Phi) is 5.53. The van der Waals surface area contributed by atoms with Crippen LogP contribution in [0.3, 0.4) is 0 Å². The third-order valence-corrected chi connectivity index (χ3v) is 4.24. The Morgan fingerprint density at radius 1 is 1.24 bits per heavy atom. The minimum absolute atomic E-state index is 0.00291. The number of benzene rings is 2. The summed E-state index contributed by atoms with van der Waals surface area (Å²) in [6.45, 7) is 0.748. The molecule has 3 rings (SSSR count). The molecule has 1 aliphatic heterocycles. The van der Waals surface area contributed by atoms with Crippen LogP contribution in [-0.2, 0) is 16.1 Å². The first-order chi connectivity index (χ1) is 12.2. The zero-order chi connectivity index (χ0) is 17.6. The molecule has 0 aliphatic carbocycles. The highest BCUT2D eigenvalue weighted by molar-refractivity contribution is 5.87. The molecular formula is C19H19NO5. The molecule has 1 unspecified atom stereocenters. The molecule has 2 aromatic carbocycles. The molecule has 1 atom stereocenters. The van der Waals surface area contributed by atoms with Gasteiger partial charge in [-0.1, -0.05) is 24.3 Å². The maximum Gasteiger partial charge on any atom is 0.274 e. The second-order valence-corrected chi connectivity index (χ2v) is 5.91. The number of hydrogen-bond acceptors (Lipinski definition) is 5. The Morgan fingerprint density at radius 2 is 2.08 bits per heavy atom. The van der Waals surface area contributed by atoms with Crippen LogP contribution in [0.15, 0.2) is 42.5 Å². The van der Waals surface area contributed by atoms with Crippen molar-refractivity contribution in [3.8, 4) is 11.1 Å².